The summed E-state index contributed by atoms with van der Waals surface area (Å²) in [5.41, 5.74) is 2.85. The van der Waals surface area contributed by atoms with Crippen molar-refractivity contribution in [3.8, 4) is 0 Å². The van der Waals surface area contributed by atoms with Gasteiger partial charge in [0.25, 0.3) is 10.0 Å². The molecule has 1 amide bonds. The van der Waals surface area contributed by atoms with Crippen molar-refractivity contribution in [1.29, 1.82) is 0 Å². The first-order chi connectivity index (χ1) is 17.3. The second-order valence-electron chi connectivity index (χ2n) is 9.16. The minimum absolute atomic E-state index is 0.00368. The van der Waals surface area contributed by atoms with Gasteiger partial charge in [-0.05, 0) is 68.2 Å². The van der Waals surface area contributed by atoms with Crippen molar-refractivity contribution in [3.63, 3.8) is 0 Å². The van der Waals surface area contributed by atoms with Crippen LogP contribution >= 0.6 is 0 Å². The monoisotopic (exact) mass is 509 g/mol. The summed E-state index contributed by atoms with van der Waals surface area (Å²) < 4.78 is 42.4. The van der Waals surface area contributed by atoms with Gasteiger partial charge < -0.3 is 5.32 Å². The highest BCUT2D eigenvalue weighted by Crippen LogP contribution is 2.26. The molecule has 3 aromatic rings. The van der Waals surface area contributed by atoms with E-state index in [4.69, 9.17) is 0 Å². The summed E-state index contributed by atoms with van der Waals surface area (Å²) in [6.07, 6.45) is 3.65. The lowest BCUT2D eigenvalue weighted by atomic mass is 10.0. The van der Waals surface area contributed by atoms with Gasteiger partial charge in [-0.3, -0.25) is 14.0 Å². The number of carbonyl (C=O) groups is 1. The number of anilines is 1. The van der Waals surface area contributed by atoms with Crippen LogP contribution in [-0.2, 0) is 27.9 Å². The van der Waals surface area contributed by atoms with E-state index < -0.39 is 28.3 Å². The third-order valence-corrected chi connectivity index (χ3v) is 8.23. The lowest BCUT2D eigenvalue weighted by Crippen LogP contribution is -2.41. The molecule has 0 radical (unpaired) electrons. The summed E-state index contributed by atoms with van der Waals surface area (Å²) in [6, 6.07) is 19.8. The van der Waals surface area contributed by atoms with Gasteiger partial charge in [0.15, 0.2) is 0 Å². The first-order valence-corrected chi connectivity index (χ1v) is 13.7. The third-order valence-electron chi connectivity index (χ3n) is 6.45. The molecule has 1 aliphatic heterocycles. The van der Waals surface area contributed by atoms with Gasteiger partial charge in [0.2, 0.25) is 5.91 Å². The molecule has 3 aromatic carbocycles. The molecule has 0 aliphatic carbocycles. The molecule has 1 heterocycles. The molecule has 0 unspecified atom stereocenters. The van der Waals surface area contributed by atoms with E-state index in [0.29, 0.717) is 0 Å². The zero-order valence-electron chi connectivity index (χ0n) is 20.5. The van der Waals surface area contributed by atoms with Gasteiger partial charge in [-0.2, -0.15) is 0 Å². The number of para-hydroxylation sites is 1. The zero-order valence-corrected chi connectivity index (χ0v) is 21.3. The number of rotatable bonds is 9. The van der Waals surface area contributed by atoms with Gasteiger partial charge in [-0.25, -0.2) is 12.8 Å². The van der Waals surface area contributed by atoms with Gasteiger partial charge >= 0.3 is 0 Å². The Bertz CT molecular complexity index is 1290. The second kappa shape index (κ2) is 11.7. The van der Waals surface area contributed by atoms with Gasteiger partial charge in [0.1, 0.15) is 12.4 Å². The summed E-state index contributed by atoms with van der Waals surface area (Å²) >= 11 is 0. The summed E-state index contributed by atoms with van der Waals surface area (Å²) in [7, 11) is -4.17. The molecular weight excluding hydrogens is 477 g/mol. The topological polar surface area (TPSA) is 69.7 Å². The number of halogens is 1. The molecule has 1 N–H and O–H groups in total. The van der Waals surface area contributed by atoms with Crippen molar-refractivity contribution < 1.29 is 17.6 Å². The number of likely N-dealkylation sites (tertiary alicyclic amines) is 1. The van der Waals surface area contributed by atoms with Crippen LogP contribution in [0.4, 0.5) is 10.1 Å². The fourth-order valence-electron chi connectivity index (χ4n) is 4.41. The van der Waals surface area contributed by atoms with Gasteiger partial charge in [-0.15, -0.1) is 0 Å². The van der Waals surface area contributed by atoms with Crippen molar-refractivity contribution >= 4 is 21.6 Å². The van der Waals surface area contributed by atoms with Crippen LogP contribution in [0, 0.1) is 12.7 Å². The Labute approximate surface area is 212 Å². The van der Waals surface area contributed by atoms with Crippen LogP contribution in [0.15, 0.2) is 77.7 Å². The molecule has 36 heavy (non-hydrogen) atoms. The van der Waals surface area contributed by atoms with Crippen molar-refractivity contribution in [2.24, 2.45) is 0 Å². The van der Waals surface area contributed by atoms with Gasteiger partial charge in [-0.1, -0.05) is 60.5 Å². The van der Waals surface area contributed by atoms with Gasteiger partial charge in [0.05, 0.1) is 10.6 Å². The largest absolute Gasteiger partial charge is 0.350 e. The lowest BCUT2D eigenvalue weighted by Gasteiger charge is -2.27. The number of hydrogen-bond donors (Lipinski definition) is 1. The van der Waals surface area contributed by atoms with Crippen LogP contribution in [0.2, 0.25) is 0 Å². The van der Waals surface area contributed by atoms with Crippen LogP contribution in [0.25, 0.3) is 0 Å². The van der Waals surface area contributed by atoms with E-state index >= 15 is 0 Å². The SMILES string of the molecule is Cc1ccc(S(=O)(=O)N(CC(=O)NCc2ccccc2CN2CCCCC2)c2ccccc2F)cc1. The van der Waals surface area contributed by atoms with E-state index in [0.717, 1.165) is 40.6 Å². The lowest BCUT2D eigenvalue weighted by molar-refractivity contribution is -0.119. The zero-order chi connectivity index (χ0) is 25.5. The molecule has 1 fully saturated rings. The minimum Gasteiger partial charge on any atom is -0.350 e. The third kappa shape index (κ3) is 6.30. The average molecular weight is 510 g/mol. The minimum atomic E-state index is -4.17. The number of benzene rings is 3. The number of amides is 1. The van der Waals surface area contributed by atoms with E-state index in [-0.39, 0.29) is 17.1 Å². The highest BCUT2D eigenvalue weighted by atomic mass is 32.2. The summed E-state index contributed by atoms with van der Waals surface area (Å²) in [4.78, 5) is 15.4. The number of nitrogens with one attached hydrogen (secondary N) is 1. The number of aryl methyl sites for hydroxylation is 1. The first kappa shape index (κ1) is 25.9. The Kier molecular flexibility index (Phi) is 8.38. The Balaban J connectivity index is 1.51. The standard InChI is InChI=1S/C28H32FN3O3S/c1-22-13-15-25(16-14-22)36(34,35)32(27-12-6-5-11-26(27)29)21-28(33)30-19-23-9-3-4-10-24(23)20-31-17-7-2-8-18-31/h3-6,9-16H,2,7-8,17-21H2,1H3,(H,30,33). The smallest absolute Gasteiger partial charge is 0.264 e. The van der Waals surface area contributed by atoms with Crippen LogP contribution < -0.4 is 9.62 Å². The van der Waals surface area contributed by atoms with Crippen molar-refractivity contribution in [1.82, 2.24) is 10.2 Å². The molecular formula is C28H32FN3O3S. The molecule has 0 aromatic heterocycles. The quantitative estimate of drug-likeness (QED) is 0.457. The molecule has 0 atom stereocenters. The predicted molar refractivity (Wildman–Crippen MR) is 140 cm³/mol. The Hall–Kier alpha value is -3.23. The molecule has 0 saturated carbocycles. The number of piperidine rings is 1. The number of sulfonamides is 1. The molecule has 1 saturated heterocycles. The van der Waals surface area contributed by atoms with Crippen molar-refractivity contribution in [2.45, 2.75) is 44.2 Å². The van der Waals surface area contributed by atoms with Crippen LogP contribution in [0.1, 0.15) is 36.0 Å². The molecule has 0 bridgehead atoms. The highest BCUT2D eigenvalue weighted by molar-refractivity contribution is 7.92. The van der Waals surface area contributed by atoms with Crippen LogP contribution in [-0.4, -0.2) is 38.9 Å². The van der Waals surface area contributed by atoms with Gasteiger partial charge in [0, 0.05) is 13.1 Å². The maximum atomic E-state index is 14.7. The Morgan fingerprint density at radius 3 is 2.25 bits per heavy atom. The van der Waals surface area contributed by atoms with E-state index in [1.165, 1.54) is 49.6 Å². The van der Waals surface area contributed by atoms with Crippen LogP contribution in [0.5, 0.6) is 0 Å². The molecule has 6 nitrogen and oxygen atoms in total. The van der Waals surface area contributed by atoms with Crippen molar-refractivity contribution in [2.75, 3.05) is 23.9 Å². The van der Waals surface area contributed by atoms with E-state index in [1.807, 2.05) is 25.1 Å². The van der Waals surface area contributed by atoms with Crippen molar-refractivity contribution in [3.05, 3.63) is 95.3 Å². The summed E-state index contributed by atoms with van der Waals surface area (Å²) in [5, 5.41) is 2.84. The normalized spacial score (nSPS) is 14.4. The predicted octanol–water partition coefficient (Wildman–Crippen LogP) is 4.63. The Morgan fingerprint density at radius 2 is 1.56 bits per heavy atom. The molecule has 190 valence electrons. The molecule has 1 aliphatic rings. The van der Waals surface area contributed by atoms with Crippen LogP contribution in [0.3, 0.4) is 0 Å². The van der Waals surface area contributed by atoms with E-state index in [9.17, 15) is 17.6 Å². The number of hydrogen-bond acceptors (Lipinski definition) is 4. The fraction of sp³-hybridized carbons (Fsp3) is 0.321. The molecule has 0 spiro atoms. The molecule has 4 rings (SSSR count). The highest BCUT2D eigenvalue weighted by Gasteiger charge is 2.29. The number of carbonyl (C=O) groups excluding carboxylic acids is 1. The second-order valence-corrected chi connectivity index (χ2v) is 11.0. The maximum absolute atomic E-state index is 14.7. The number of nitrogens with zero attached hydrogens (tertiary/aromatic N) is 2. The van der Waals surface area contributed by atoms with E-state index in [2.05, 4.69) is 16.3 Å². The summed E-state index contributed by atoms with van der Waals surface area (Å²) in [5.74, 6) is -1.23. The van der Waals surface area contributed by atoms with E-state index in [1.54, 1.807) is 18.2 Å². The summed E-state index contributed by atoms with van der Waals surface area (Å²) in [6.45, 7) is 4.52. The average Bonchev–Trinajstić information content (AvgIpc) is 2.88. The molecule has 8 heteroatoms. The fourth-order valence-corrected chi connectivity index (χ4v) is 5.84. The first-order valence-electron chi connectivity index (χ1n) is 12.2. The Morgan fingerprint density at radius 1 is 0.917 bits per heavy atom. The maximum Gasteiger partial charge on any atom is 0.264 e.